The Morgan fingerprint density at radius 3 is 2.38 bits per heavy atom. The van der Waals surface area contributed by atoms with Gasteiger partial charge in [-0.25, -0.2) is 4.79 Å². The van der Waals surface area contributed by atoms with Gasteiger partial charge in [-0.3, -0.25) is 14.6 Å². The average molecular weight is 472 g/mol. The van der Waals surface area contributed by atoms with Crippen molar-refractivity contribution in [3.05, 3.63) is 35.5 Å². The number of primary amides is 1. The third-order valence-electron chi connectivity index (χ3n) is 6.02. The van der Waals surface area contributed by atoms with Crippen LogP contribution in [0.25, 0.3) is 10.9 Å². The predicted octanol–water partition coefficient (Wildman–Crippen LogP) is 1.86. The number of methoxy groups -OCH3 is 1. The first-order valence-corrected chi connectivity index (χ1v) is 11.6. The Hall–Kier alpha value is -3.40. The zero-order chi connectivity index (χ0) is 24.7. The first-order valence-electron chi connectivity index (χ1n) is 11.6. The quantitative estimate of drug-likeness (QED) is 0.532. The Kier molecular flexibility index (Phi) is 8.64. The fourth-order valence-electron chi connectivity index (χ4n) is 4.32. The maximum atomic E-state index is 13.7. The SMILES string of the molecule is CCOC(=O)N1CCN(C(=O)C(CCCCN)c2nc3ccccc3c(OC)c2C(N)=O)CC1. The van der Waals surface area contributed by atoms with Crippen LogP contribution >= 0.6 is 0 Å². The molecule has 1 saturated heterocycles. The fraction of sp³-hybridized carbons (Fsp3) is 0.500. The standard InChI is InChI=1S/C24H33N5O5/c1-3-34-24(32)29-14-12-28(13-15-29)23(31)17(9-6-7-11-25)20-19(22(26)30)21(33-2)16-8-4-5-10-18(16)27-20/h4-5,8,10,17H,3,6-7,9,11-15,25H2,1-2H3,(H2,26,30). The van der Waals surface area contributed by atoms with Crippen molar-refractivity contribution in [2.75, 3.05) is 46.4 Å². The van der Waals surface area contributed by atoms with Gasteiger partial charge in [-0.05, 0) is 38.4 Å². The van der Waals surface area contributed by atoms with Crippen LogP contribution in [0.5, 0.6) is 5.75 Å². The number of pyridine rings is 1. The molecular formula is C24H33N5O5. The molecule has 1 atom stereocenters. The number of rotatable bonds is 9. The molecule has 0 spiro atoms. The third kappa shape index (κ3) is 5.39. The van der Waals surface area contributed by atoms with Crippen LogP contribution in [0.3, 0.4) is 0 Å². The van der Waals surface area contributed by atoms with Crippen molar-refractivity contribution in [2.45, 2.75) is 32.1 Å². The van der Waals surface area contributed by atoms with Crippen LogP contribution in [-0.4, -0.2) is 79.1 Å². The summed E-state index contributed by atoms with van der Waals surface area (Å²) in [7, 11) is 1.47. The van der Waals surface area contributed by atoms with Gasteiger partial charge in [0, 0.05) is 31.6 Å². The number of ether oxygens (including phenoxy) is 2. The summed E-state index contributed by atoms with van der Waals surface area (Å²) in [6.07, 6.45) is 1.50. The van der Waals surface area contributed by atoms with Crippen molar-refractivity contribution in [3.63, 3.8) is 0 Å². The van der Waals surface area contributed by atoms with Crippen LogP contribution < -0.4 is 16.2 Å². The van der Waals surface area contributed by atoms with Crippen molar-refractivity contribution < 1.29 is 23.9 Å². The van der Waals surface area contributed by atoms with E-state index in [0.29, 0.717) is 74.5 Å². The van der Waals surface area contributed by atoms with E-state index in [0.717, 1.165) is 6.42 Å². The van der Waals surface area contributed by atoms with Crippen LogP contribution in [0.4, 0.5) is 4.79 Å². The van der Waals surface area contributed by atoms with Crippen LogP contribution in [0, 0.1) is 0 Å². The number of carbonyl (C=O) groups excluding carboxylic acids is 3. The number of piperazine rings is 1. The lowest BCUT2D eigenvalue weighted by Crippen LogP contribution is -2.52. The van der Waals surface area contributed by atoms with E-state index in [1.54, 1.807) is 22.8 Å². The molecule has 0 bridgehead atoms. The van der Waals surface area contributed by atoms with Crippen molar-refractivity contribution in [3.8, 4) is 5.75 Å². The Morgan fingerprint density at radius 2 is 1.76 bits per heavy atom. The Labute approximate surface area is 199 Å². The fourth-order valence-corrected chi connectivity index (χ4v) is 4.32. The summed E-state index contributed by atoms with van der Waals surface area (Å²) in [5.41, 5.74) is 12.5. The number of aromatic nitrogens is 1. The third-order valence-corrected chi connectivity index (χ3v) is 6.02. The molecule has 3 amide bonds. The molecule has 1 aromatic carbocycles. The molecule has 1 aromatic heterocycles. The number of carbonyl (C=O) groups is 3. The summed E-state index contributed by atoms with van der Waals surface area (Å²) >= 11 is 0. The van der Waals surface area contributed by atoms with E-state index in [4.69, 9.17) is 25.9 Å². The molecular weight excluding hydrogens is 438 g/mol. The molecule has 1 fully saturated rings. The number of para-hydroxylation sites is 1. The number of fused-ring (bicyclic) bond motifs is 1. The minimum Gasteiger partial charge on any atom is -0.495 e. The van der Waals surface area contributed by atoms with Gasteiger partial charge in [0.15, 0.2) is 0 Å². The smallest absolute Gasteiger partial charge is 0.409 e. The summed E-state index contributed by atoms with van der Waals surface area (Å²) in [6.45, 7) is 4.02. The molecule has 0 saturated carbocycles. The maximum absolute atomic E-state index is 13.7. The lowest BCUT2D eigenvalue weighted by atomic mass is 9.91. The van der Waals surface area contributed by atoms with E-state index in [-0.39, 0.29) is 17.6 Å². The molecule has 184 valence electrons. The van der Waals surface area contributed by atoms with Gasteiger partial charge in [-0.15, -0.1) is 0 Å². The number of hydrogen-bond donors (Lipinski definition) is 2. The number of benzene rings is 1. The predicted molar refractivity (Wildman–Crippen MR) is 128 cm³/mol. The maximum Gasteiger partial charge on any atom is 0.409 e. The van der Waals surface area contributed by atoms with Crippen LogP contribution in [0.15, 0.2) is 24.3 Å². The summed E-state index contributed by atoms with van der Waals surface area (Å²) in [4.78, 5) is 46.3. The molecule has 0 radical (unpaired) electrons. The number of nitrogens with zero attached hydrogens (tertiary/aromatic N) is 3. The van der Waals surface area contributed by atoms with Crippen molar-refractivity contribution in [2.24, 2.45) is 11.5 Å². The highest BCUT2D eigenvalue weighted by atomic mass is 16.6. The van der Waals surface area contributed by atoms with E-state index >= 15 is 0 Å². The number of unbranched alkanes of at least 4 members (excludes halogenated alkanes) is 1. The molecule has 1 unspecified atom stereocenters. The highest BCUT2D eigenvalue weighted by Crippen LogP contribution is 2.36. The molecule has 10 heteroatoms. The molecule has 0 aliphatic carbocycles. The zero-order valence-electron chi connectivity index (χ0n) is 19.8. The Balaban J connectivity index is 1.98. The molecule has 1 aliphatic heterocycles. The molecule has 2 aromatic rings. The van der Waals surface area contributed by atoms with Crippen LogP contribution in [0.2, 0.25) is 0 Å². The lowest BCUT2D eigenvalue weighted by molar-refractivity contribution is -0.134. The van der Waals surface area contributed by atoms with E-state index in [1.807, 2.05) is 18.2 Å². The van der Waals surface area contributed by atoms with E-state index < -0.39 is 11.8 Å². The Morgan fingerprint density at radius 1 is 1.09 bits per heavy atom. The second-order valence-electron chi connectivity index (χ2n) is 8.13. The van der Waals surface area contributed by atoms with E-state index in [1.165, 1.54) is 7.11 Å². The van der Waals surface area contributed by atoms with Gasteiger partial charge in [-0.1, -0.05) is 18.6 Å². The van der Waals surface area contributed by atoms with Crippen molar-refractivity contribution in [1.82, 2.24) is 14.8 Å². The summed E-state index contributed by atoms with van der Waals surface area (Å²) in [5, 5.41) is 0.652. The van der Waals surface area contributed by atoms with Crippen LogP contribution in [-0.2, 0) is 9.53 Å². The van der Waals surface area contributed by atoms with Crippen molar-refractivity contribution >= 4 is 28.8 Å². The first-order chi connectivity index (χ1) is 16.4. The number of nitrogens with two attached hydrogens (primary N) is 2. The summed E-state index contributed by atoms with van der Waals surface area (Å²) in [6, 6.07) is 7.27. The molecule has 1 aliphatic rings. The van der Waals surface area contributed by atoms with Gasteiger partial charge >= 0.3 is 6.09 Å². The van der Waals surface area contributed by atoms with Crippen molar-refractivity contribution in [1.29, 1.82) is 0 Å². The van der Waals surface area contributed by atoms with Gasteiger partial charge in [0.1, 0.15) is 11.3 Å². The molecule has 34 heavy (non-hydrogen) atoms. The number of hydrogen-bond acceptors (Lipinski definition) is 7. The zero-order valence-corrected chi connectivity index (χ0v) is 19.8. The largest absolute Gasteiger partial charge is 0.495 e. The van der Waals surface area contributed by atoms with Gasteiger partial charge in [0.2, 0.25) is 5.91 Å². The highest BCUT2D eigenvalue weighted by Gasteiger charge is 2.34. The van der Waals surface area contributed by atoms with Gasteiger partial charge in [-0.2, -0.15) is 0 Å². The van der Waals surface area contributed by atoms with E-state index in [9.17, 15) is 14.4 Å². The van der Waals surface area contributed by atoms with Gasteiger partial charge in [0.25, 0.3) is 5.91 Å². The monoisotopic (exact) mass is 471 g/mol. The lowest BCUT2D eigenvalue weighted by Gasteiger charge is -2.36. The average Bonchev–Trinajstić information content (AvgIpc) is 2.85. The van der Waals surface area contributed by atoms with Gasteiger partial charge in [0.05, 0.1) is 30.8 Å². The van der Waals surface area contributed by atoms with Crippen LogP contribution in [0.1, 0.15) is 48.2 Å². The normalized spacial score (nSPS) is 14.7. The first kappa shape index (κ1) is 25.2. The second kappa shape index (κ2) is 11.6. The topological polar surface area (TPSA) is 141 Å². The molecule has 10 nitrogen and oxygen atoms in total. The summed E-state index contributed by atoms with van der Waals surface area (Å²) < 4.78 is 10.6. The second-order valence-corrected chi connectivity index (χ2v) is 8.13. The van der Waals surface area contributed by atoms with E-state index in [2.05, 4.69) is 0 Å². The number of amides is 3. The highest BCUT2D eigenvalue weighted by molar-refractivity contribution is 6.04. The summed E-state index contributed by atoms with van der Waals surface area (Å²) in [5.74, 6) is -1.24. The van der Waals surface area contributed by atoms with Gasteiger partial charge < -0.3 is 30.7 Å². The molecule has 2 heterocycles. The molecule has 3 rings (SSSR count). The molecule has 4 N–H and O–H groups in total. The minimum absolute atomic E-state index is 0.123. The minimum atomic E-state index is -0.700. The Bertz CT molecular complexity index is 1040.